The van der Waals surface area contributed by atoms with Gasteiger partial charge in [-0.05, 0) is 53.6 Å². The Balaban J connectivity index is 1.33. The number of hydrogen-bond acceptors (Lipinski definition) is 4. The smallest absolute Gasteiger partial charge is 0.257 e. The van der Waals surface area contributed by atoms with Crippen molar-refractivity contribution >= 4 is 22.6 Å². The lowest BCUT2D eigenvalue weighted by atomic mass is 10.1. The Morgan fingerprint density at radius 2 is 1.57 bits per heavy atom. The van der Waals surface area contributed by atoms with Crippen molar-refractivity contribution in [3.63, 3.8) is 0 Å². The predicted molar refractivity (Wildman–Crippen MR) is 108 cm³/mol. The average molecular weight is 378 g/mol. The van der Waals surface area contributed by atoms with Gasteiger partial charge in [0.2, 0.25) is 0 Å². The first-order valence-electron chi connectivity index (χ1n) is 9.07. The molecule has 0 aromatic heterocycles. The fraction of sp³-hybridized carbons (Fsp3) is 0.182. The summed E-state index contributed by atoms with van der Waals surface area (Å²) in [6.45, 7) is 0.819. The molecule has 0 aliphatic carbocycles. The highest BCUT2D eigenvalue weighted by atomic mass is 16.5. The number of aromatic hydroxyl groups is 1. The largest absolute Gasteiger partial charge is 0.508 e. The van der Waals surface area contributed by atoms with E-state index in [4.69, 9.17) is 4.74 Å². The van der Waals surface area contributed by atoms with Crippen LogP contribution in [0.4, 0.5) is 0 Å². The number of carbonyl (C=O) groups excluding carboxylic acids is 2. The normalized spacial score (nSPS) is 10.4. The molecule has 0 saturated heterocycles. The molecule has 0 spiro atoms. The van der Waals surface area contributed by atoms with E-state index in [1.54, 1.807) is 12.1 Å². The molecule has 28 heavy (non-hydrogen) atoms. The van der Waals surface area contributed by atoms with Gasteiger partial charge in [0.25, 0.3) is 11.8 Å². The first kappa shape index (κ1) is 19.2. The molecule has 0 saturated carbocycles. The molecule has 2 amide bonds. The van der Waals surface area contributed by atoms with Crippen LogP contribution in [0.1, 0.15) is 16.8 Å². The molecule has 0 radical (unpaired) electrons. The summed E-state index contributed by atoms with van der Waals surface area (Å²) < 4.78 is 5.54. The molecule has 0 aliphatic rings. The molecule has 0 bridgehead atoms. The Hall–Kier alpha value is -3.54. The number of amides is 2. The van der Waals surface area contributed by atoms with Crippen LogP contribution in [0, 0.1) is 0 Å². The van der Waals surface area contributed by atoms with Crippen LogP contribution in [0.15, 0.2) is 66.7 Å². The van der Waals surface area contributed by atoms with E-state index in [-0.39, 0.29) is 24.2 Å². The lowest BCUT2D eigenvalue weighted by molar-refractivity contribution is -0.123. The van der Waals surface area contributed by atoms with Gasteiger partial charge < -0.3 is 20.5 Å². The van der Waals surface area contributed by atoms with Gasteiger partial charge in [0, 0.05) is 18.7 Å². The van der Waals surface area contributed by atoms with E-state index in [2.05, 4.69) is 10.6 Å². The van der Waals surface area contributed by atoms with Crippen molar-refractivity contribution in [3.05, 3.63) is 72.3 Å². The number of carbonyl (C=O) groups is 2. The summed E-state index contributed by atoms with van der Waals surface area (Å²) in [5, 5.41) is 16.9. The van der Waals surface area contributed by atoms with Gasteiger partial charge in [-0.3, -0.25) is 9.59 Å². The van der Waals surface area contributed by atoms with E-state index >= 15 is 0 Å². The molecule has 0 unspecified atom stereocenters. The quantitative estimate of drug-likeness (QED) is 0.526. The Morgan fingerprint density at radius 3 is 2.36 bits per heavy atom. The number of phenols is 1. The lowest BCUT2D eigenvalue weighted by Gasteiger charge is -2.09. The molecule has 6 nitrogen and oxygen atoms in total. The molecular formula is C22H22N2O4. The summed E-state index contributed by atoms with van der Waals surface area (Å²) in [5.74, 6) is 0.337. The Morgan fingerprint density at radius 1 is 0.857 bits per heavy atom. The highest BCUT2D eigenvalue weighted by molar-refractivity contribution is 5.94. The molecule has 0 atom stereocenters. The third-order valence-corrected chi connectivity index (χ3v) is 4.18. The third-order valence-electron chi connectivity index (χ3n) is 4.18. The van der Waals surface area contributed by atoms with Gasteiger partial charge in [-0.25, -0.2) is 0 Å². The van der Waals surface area contributed by atoms with Crippen molar-refractivity contribution in [2.24, 2.45) is 0 Å². The van der Waals surface area contributed by atoms with Gasteiger partial charge in [-0.15, -0.1) is 0 Å². The number of benzene rings is 3. The molecule has 3 aromatic rings. The Labute approximate surface area is 163 Å². The number of hydrogen-bond donors (Lipinski definition) is 3. The zero-order valence-corrected chi connectivity index (χ0v) is 15.4. The van der Waals surface area contributed by atoms with Crippen LogP contribution in [0.25, 0.3) is 10.8 Å². The van der Waals surface area contributed by atoms with E-state index in [1.807, 2.05) is 42.5 Å². The maximum Gasteiger partial charge on any atom is 0.257 e. The SMILES string of the molecule is O=C(COc1ccc2ccccc2c1)NCCCNC(=O)c1ccc(O)cc1. The van der Waals surface area contributed by atoms with Crippen molar-refractivity contribution in [2.45, 2.75) is 6.42 Å². The van der Waals surface area contributed by atoms with Crippen molar-refractivity contribution in [3.8, 4) is 11.5 Å². The van der Waals surface area contributed by atoms with Gasteiger partial charge in [0.05, 0.1) is 0 Å². The summed E-state index contributed by atoms with van der Waals surface area (Å²) >= 11 is 0. The molecule has 144 valence electrons. The fourth-order valence-corrected chi connectivity index (χ4v) is 2.69. The minimum atomic E-state index is -0.217. The van der Waals surface area contributed by atoms with E-state index in [0.717, 1.165) is 10.8 Å². The van der Waals surface area contributed by atoms with Gasteiger partial charge in [0.1, 0.15) is 11.5 Å². The molecule has 0 heterocycles. The second-order valence-electron chi connectivity index (χ2n) is 6.30. The molecular weight excluding hydrogens is 356 g/mol. The Bertz CT molecular complexity index is 954. The van der Waals surface area contributed by atoms with Crippen LogP contribution in [0.3, 0.4) is 0 Å². The lowest BCUT2D eigenvalue weighted by Crippen LogP contribution is -2.32. The number of rotatable bonds is 8. The minimum Gasteiger partial charge on any atom is -0.508 e. The van der Waals surface area contributed by atoms with Gasteiger partial charge in [0.15, 0.2) is 6.61 Å². The number of nitrogens with one attached hydrogen (secondary N) is 2. The van der Waals surface area contributed by atoms with Crippen molar-refractivity contribution in [1.29, 1.82) is 0 Å². The second kappa shape index (κ2) is 9.41. The predicted octanol–water partition coefficient (Wildman–Crippen LogP) is 2.86. The summed E-state index contributed by atoms with van der Waals surface area (Å²) in [5.41, 5.74) is 0.477. The molecule has 0 aliphatic heterocycles. The molecule has 3 rings (SSSR count). The first-order chi connectivity index (χ1) is 13.6. The zero-order valence-electron chi connectivity index (χ0n) is 15.4. The van der Waals surface area contributed by atoms with Crippen molar-refractivity contribution in [2.75, 3.05) is 19.7 Å². The summed E-state index contributed by atoms with van der Waals surface area (Å²) in [6.07, 6.45) is 0.603. The topological polar surface area (TPSA) is 87.7 Å². The fourth-order valence-electron chi connectivity index (χ4n) is 2.69. The highest BCUT2D eigenvalue weighted by Crippen LogP contribution is 2.20. The summed E-state index contributed by atoms with van der Waals surface area (Å²) in [6, 6.07) is 19.7. The van der Waals surface area contributed by atoms with Crippen LogP contribution in [-0.4, -0.2) is 36.6 Å². The van der Waals surface area contributed by atoms with E-state index in [9.17, 15) is 14.7 Å². The van der Waals surface area contributed by atoms with Crippen molar-refractivity contribution < 1.29 is 19.4 Å². The van der Waals surface area contributed by atoms with Gasteiger partial charge in [-0.2, -0.15) is 0 Å². The van der Waals surface area contributed by atoms with Gasteiger partial charge >= 0.3 is 0 Å². The van der Waals surface area contributed by atoms with Crippen molar-refractivity contribution in [1.82, 2.24) is 10.6 Å². The van der Waals surface area contributed by atoms with Gasteiger partial charge in [-0.1, -0.05) is 30.3 Å². The maximum absolute atomic E-state index is 11.9. The first-order valence-corrected chi connectivity index (χ1v) is 9.07. The minimum absolute atomic E-state index is 0.0573. The van der Waals surface area contributed by atoms with E-state index in [1.165, 1.54) is 12.1 Å². The van der Waals surface area contributed by atoms with E-state index < -0.39 is 0 Å². The highest BCUT2D eigenvalue weighted by Gasteiger charge is 2.06. The molecule has 3 aromatic carbocycles. The second-order valence-corrected chi connectivity index (χ2v) is 6.30. The summed E-state index contributed by atoms with van der Waals surface area (Å²) in [4.78, 5) is 23.8. The zero-order chi connectivity index (χ0) is 19.8. The average Bonchev–Trinajstić information content (AvgIpc) is 2.72. The standard InChI is InChI=1S/C22H22N2O4/c25-19-9-6-17(7-10-19)22(27)24-13-3-12-23-21(26)15-28-20-11-8-16-4-1-2-5-18(16)14-20/h1-2,4-11,14,25H,3,12-13,15H2,(H,23,26)(H,24,27). The number of phenolic OH excluding ortho intramolecular Hbond substituents is 1. The van der Waals surface area contributed by atoms with Crippen LogP contribution in [-0.2, 0) is 4.79 Å². The monoisotopic (exact) mass is 378 g/mol. The molecule has 0 fully saturated rings. The van der Waals surface area contributed by atoms with E-state index in [0.29, 0.717) is 30.8 Å². The van der Waals surface area contributed by atoms with Crippen LogP contribution in [0.2, 0.25) is 0 Å². The summed E-state index contributed by atoms with van der Waals surface area (Å²) in [7, 11) is 0. The number of fused-ring (bicyclic) bond motifs is 1. The maximum atomic E-state index is 11.9. The van der Waals surface area contributed by atoms with Crippen LogP contribution in [0.5, 0.6) is 11.5 Å². The Kier molecular flexibility index (Phi) is 6.46. The molecule has 6 heteroatoms. The van der Waals surface area contributed by atoms with Crippen LogP contribution < -0.4 is 15.4 Å². The third kappa shape index (κ3) is 5.48. The van der Waals surface area contributed by atoms with Crippen LogP contribution >= 0.6 is 0 Å². The number of ether oxygens (including phenoxy) is 1. The molecule has 3 N–H and O–H groups in total.